The first-order chi connectivity index (χ1) is 13.2. The number of nitrogens with one attached hydrogen (secondary N) is 2. The van der Waals surface area contributed by atoms with E-state index in [0.717, 1.165) is 17.8 Å². The maximum Gasteiger partial charge on any atom is 0.417 e. The van der Waals surface area contributed by atoms with E-state index < -0.39 is 11.7 Å². The lowest BCUT2D eigenvalue weighted by atomic mass is 10.1. The zero-order valence-corrected chi connectivity index (χ0v) is 16.1. The van der Waals surface area contributed by atoms with Crippen LogP contribution in [-0.2, 0) is 22.1 Å². The van der Waals surface area contributed by atoms with Gasteiger partial charge in [0.2, 0.25) is 5.91 Å². The second-order valence-corrected chi connectivity index (χ2v) is 6.23. The highest BCUT2D eigenvalue weighted by Gasteiger charge is 2.30. The molecule has 0 aromatic carbocycles. The van der Waals surface area contributed by atoms with E-state index in [4.69, 9.17) is 4.74 Å². The number of amides is 1. The van der Waals surface area contributed by atoms with Crippen molar-refractivity contribution in [2.75, 3.05) is 33.4 Å². The van der Waals surface area contributed by atoms with E-state index in [1.54, 1.807) is 21.0 Å². The van der Waals surface area contributed by atoms with Crippen molar-refractivity contribution in [2.45, 2.75) is 26.4 Å². The highest BCUT2D eigenvalue weighted by Crippen LogP contribution is 2.29. The van der Waals surface area contributed by atoms with Gasteiger partial charge in [0.25, 0.3) is 0 Å². The molecule has 0 fully saturated rings. The number of carbonyl (C=O) groups excluding carboxylic acids is 1. The number of nitrogens with zero attached hydrogens (tertiary/aromatic N) is 3. The second kappa shape index (κ2) is 9.65. The van der Waals surface area contributed by atoms with E-state index in [0.29, 0.717) is 37.6 Å². The monoisotopic (exact) mass is 399 g/mol. The summed E-state index contributed by atoms with van der Waals surface area (Å²) >= 11 is 0. The molecule has 154 valence electrons. The first-order valence-corrected chi connectivity index (χ1v) is 8.79. The SMILES string of the molecule is COCCNCCNC(=O)Cc1c(C)nn(-c2ccc(C(F)(F)F)cn2)c1C. The number of hydrogen-bond acceptors (Lipinski definition) is 5. The van der Waals surface area contributed by atoms with Gasteiger partial charge in [-0.2, -0.15) is 18.3 Å². The molecule has 10 heteroatoms. The summed E-state index contributed by atoms with van der Waals surface area (Å²) in [5, 5.41) is 10.3. The van der Waals surface area contributed by atoms with E-state index in [1.807, 2.05) is 0 Å². The number of carbonyl (C=O) groups is 1. The van der Waals surface area contributed by atoms with Crippen molar-refractivity contribution in [1.82, 2.24) is 25.4 Å². The average Bonchev–Trinajstić information content (AvgIpc) is 2.92. The minimum absolute atomic E-state index is 0.135. The maximum absolute atomic E-state index is 12.7. The van der Waals surface area contributed by atoms with Crippen molar-refractivity contribution in [3.63, 3.8) is 0 Å². The van der Waals surface area contributed by atoms with Crippen LogP contribution in [0.1, 0.15) is 22.5 Å². The highest BCUT2D eigenvalue weighted by molar-refractivity contribution is 5.79. The summed E-state index contributed by atoms with van der Waals surface area (Å²) in [6, 6.07) is 2.22. The van der Waals surface area contributed by atoms with Crippen LogP contribution in [0.5, 0.6) is 0 Å². The predicted molar refractivity (Wildman–Crippen MR) is 97.3 cm³/mol. The molecule has 7 nitrogen and oxygen atoms in total. The number of alkyl halides is 3. The molecule has 1 amide bonds. The first kappa shape index (κ1) is 21.8. The Labute approximate surface area is 161 Å². The fraction of sp³-hybridized carbons (Fsp3) is 0.500. The number of aromatic nitrogens is 3. The van der Waals surface area contributed by atoms with Crippen LogP contribution in [0, 0.1) is 13.8 Å². The molecule has 0 spiro atoms. The lowest BCUT2D eigenvalue weighted by Crippen LogP contribution is -2.34. The van der Waals surface area contributed by atoms with Gasteiger partial charge in [-0.3, -0.25) is 4.79 Å². The fourth-order valence-electron chi connectivity index (χ4n) is 2.65. The quantitative estimate of drug-likeness (QED) is 0.629. The van der Waals surface area contributed by atoms with Crippen LogP contribution in [0.25, 0.3) is 5.82 Å². The molecule has 2 aromatic rings. The van der Waals surface area contributed by atoms with Crippen molar-refractivity contribution in [3.05, 3.63) is 40.8 Å². The summed E-state index contributed by atoms with van der Waals surface area (Å²) in [5.74, 6) is 0.113. The summed E-state index contributed by atoms with van der Waals surface area (Å²) in [6.07, 6.45) is -3.53. The van der Waals surface area contributed by atoms with Crippen LogP contribution in [0.2, 0.25) is 0 Å². The van der Waals surface area contributed by atoms with Gasteiger partial charge in [-0.05, 0) is 26.0 Å². The standard InChI is InChI=1S/C18H24F3N5O2/c1-12-15(10-17(27)23-7-6-22-8-9-28-3)13(2)26(25-12)16-5-4-14(11-24-16)18(19,20)21/h4-5,11,22H,6-10H2,1-3H3,(H,23,27). The molecule has 0 saturated carbocycles. The van der Waals surface area contributed by atoms with Crippen molar-refractivity contribution in [1.29, 1.82) is 0 Å². The molecule has 0 aliphatic rings. The third-order valence-electron chi connectivity index (χ3n) is 4.18. The van der Waals surface area contributed by atoms with E-state index in [9.17, 15) is 18.0 Å². The lowest BCUT2D eigenvalue weighted by molar-refractivity contribution is -0.137. The molecule has 0 atom stereocenters. The lowest BCUT2D eigenvalue weighted by Gasteiger charge is -2.09. The number of rotatable bonds is 9. The van der Waals surface area contributed by atoms with Crippen LogP contribution in [0.3, 0.4) is 0 Å². The summed E-state index contributed by atoms with van der Waals surface area (Å²) in [4.78, 5) is 16.0. The Balaban J connectivity index is 2.00. The third kappa shape index (κ3) is 5.77. The molecule has 28 heavy (non-hydrogen) atoms. The van der Waals surface area contributed by atoms with Crippen LogP contribution >= 0.6 is 0 Å². The van der Waals surface area contributed by atoms with Gasteiger partial charge >= 0.3 is 6.18 Å². The van der Waals surface area contributed by atoms with Crippen LogP contribution in [0.15, 0.2) is 18.3 Å². The molecule has 0 saturated heterocycles. The number of hydrogen-bond donors (Lipinski definition) is 2. The van der Waals surface area contributed by atoms with Crippen molar-refractivity contribution >= 4 is 5.91 Å². The molecule has 0 unspecified atom stereocenters. The number of ether oxygens (including phenoxy) is 1. The Bertz CT molecular complexity index is 788. The Morgan fingerprint density at radius 1 is 1.21 bits per heavy atom. The second-order valence-electron chi connectivity index (χ2n) is 6.23. The van der Waals surface area contributed by atoms with Gasteiger partial charge in [0.05, 0.1) is 24.3 Å². The number of methoxy groups -OCH3 is 1. The van der Waals surface area contributed by atoms with Gasteiger partial charge in [0.1, 0.15) is 0 Å². The minimum Gasteiger partial charge on any atom is -0.383 e. The first-order valence-electron chi connectivity index (χ1n) is 8.79. The zero-order chi connectivity index (χ0) is 20.7. The zero-order valence-electron chi connectivity index (χ0n) is 16.1. The Morgan fingerprint density at radius 2 is 1.96 bits per heavy atom. The molecule has 2 heterocycles. The van der Waals surface area contributed by atoms with E-state index in [2.05, 4.69) is 20.7 Å². The van der Waals surface area contributed by atoms with Gasteiger partial charge in [-0.25, -0.2) is 9.67 Å². The number of pyridine rings is 1. The highest BCUT2D eigenvalue weighted by atomic mass is 19.4. The average molecular weight is 399 g/mol. The maximum atomic E-state index is 12.7. The van der Waals surface area contributed by atoms with Gasteiger partial charge in [0, 0.05) is 44.2 Å². The fourth-order valence-corrected chi connectivity index (χ4v) is 2.65. The van der Waals surface area contributed by atoms with Gasteiger partial charge in [0.15, 0.2) is 5.82 Å². The van der Waals surface area contributed by atoms with Gasteiger partial charge in [-0.1, -0.05) is 0 Å². The summed E-state index contributed by atoms with van der Waals surface area (Å²) < 4.78 is 44.4. The Morgan fingerprint density at radius 3 is 2.57 bits per heavy atom. The normalized spacial score (nSPS) is 11.6. The Kier molecular flexibility index (Phi) is 7.53. The van der Waals surface area contributed by atoms with Gasteiger partial charge < -0.3 is 15.4 Å². The number of halogens is 3. The van der Waals surface area contributed by atoms with E-state index >= 15 is 0 Å². The van der Waals surface area contributed by atoms with Crippen LogP contribution in [-0.4, -0.2) is 54.0 Å². The molecule has 0 radical (unpaired) electrons. The van der Waals surface area contributed by atoms with Crippen molar-refractivity contribution in [2.24, 2.45) is 0 Å². The van der Waals surface area contributed by atoms with Crippen molar-refractivity contribution in [3.8, 4) is 5.82 Å². The molecule has 2 N–H and O–H groups in total. The molecule has 0 aliphatic heterocycles. The molecule has 0 bridgehead atoms. The Hall–Kier alpha value is -2.46. The summed E-state index contributed by atoms with van der Waals surface area (Å²) in [7, 11) is 1.62. The molecule has 2 aromatic heterocycles. The molecular formula is C18H24F3N5O2. The predicted octanol–water partition coefficient (Wildman–Crippen LogP) is 1.80. The van der Waals surface area contributed by atoms with Crippen LogP contribution < -0.4 is 10.6 Å². The smallest absolute Gasteiger partial charge is 0.383 e. The number of aryl methyl sites for hydroxylation is 1. The molecule has 2 rings (SSSR count). The van der Waals surface area contributed by atoms with Crippen LogP contribution in [0.4, 0.5) is 13.2 Å². The minimum atomic E-state index is -4.44. The van der Waals surface area contributed by atoms with E-state index in [-0.39, 0.29) is 18.1 Å². The molecular weight excluding hydrogens is 375 g/mol. The largest absolute Gasteiger partial charge is 0.417 e. The summed E-state index contributed by atoms with van der Waals surface area (Å²) in [6.45, 7) is 5.93. The molecule has 0 aliphatic carbocycles. The summed E-state index contributed by atoms with van der Waals surface area (Å²) in [5.41, 5.74) is 1.20. The topological polar surface area (TPSA) is 81.1 Å². The van der Waals surface area contributed by atoms with E-state index in [1.165, 1.54) is 10.7 Å². The third-order valence-corrected chi connectivity index (χ3v) is 4.18. The van der Waals surface area contributed by atoms with Crippen molar-refractivity contribution < 1.29 is 22.7 Å². The van der Waals surface area contributed by atoms with Gasteiger partial charge in [-0.15, -0.1) is 0 Å².